The van der Waals surface area contributed by atoms with Gasteiger partial charge in [0.05, 0.1) is 24.4 Å². The molecule has 2 heterocycles. The number of nitrogen functional groups attached to an aromatic ring is 1. The van der Waals surface area contributed by atoms with E-state index < -0.39 is 26.1 Å². The minimum atomic E-state index is -4.74. The number of benzene rings is 1. The summed E-state index contributed by atoms with van der Waals surface area (Å²) in [5.74, 6) is 0.701. The van der Waals surface area contributed by atoms with Crippen molar-refractivity contribution >= 4 is 36.2 Å². The van der Waals surface area contributed by atoms with Gasteiger partial charge in [-0.25, -0.2) is 9.97 Å². The Balaban J connectivity index is 1.72. The normalized spacial score (nSPS) is 13.9. The number of imidazole rings is 1. The van der Waals surface area contributed by atoms with E-state index in [1.165, 1.54) is 18.1 Å². The number of nitrogens with two attached hydrogens (primary N) is 1. The number of ether oxygens (including phenoxy) is 2. The quantitative estimate of drug-likeness (QED) is 0.248. The zero-order chi connectivity index (χ0) is 23.4. The maximum Gasteiger partial charge on any atom is 0.398 e. The number of nitrogens with zero attached hydrogens (tertiary/aromatic N) is 4. The van der Waals surface area contributed by atoms with Gasteiger partial charge in [0.15, 0.2) is 5.65 Å². The molecule has 3 N–H and O–H groups in total. The summed E-state index contributed by atoms with van der Waals surface area (Å²) in [4.78, 5) is 23.0. The maximum atomic E-state index is 12.3. The fourth-order valence-corrected chi connectivity index (χ4v) is 4.81. The van der Waals surface area contributed by atoms with Crippen molar-refractivity contribution in [3.8, 4) is 5.75 Å². The molecule has 3 aromatic rings. The van der Waals surface area contributed by atoms with Crippen LogP contribution in [0.5, 0.6) is 5.75 Å². The van der Waals surface area contributed by atoms with Crippen LogP contribution in [0.25, 0.3) is 11.2 Å². The molecule has 0 aliphatic rings. The molecule has 0 amide bonds. The number of rotatable bonds is 10. The molecule has 1 atom stereocenters. The van der Waals surface area contributed by atoms with Gasteiger partial charge in [-0.1, -0.05) is 23.9 Å². The van der Waals surface area contributed by atoms with Crippen LogP contribution in [0.2, 0.25) is 0 Å². The van der Waals surface area contributed by atoms with Gasteiger partial charge < -0.3 is 24.7 Å². The lowest BCUT2D eigenvalue weighted by Crippen LogP contribution is -2.17. The molecule has 32 heavy (non-hydrogen) atoms. The third-order valence-electron chi connectivity index (χ3n) is 4.00. The minimum Gasteiger partial charge on any atom is -0.493 e. The highest BCUT2D eigenvalue weighted by Crippen LogP contribution is 2.45. The molecule has 0 aliphatic carbocycles. The molecule has 1 aromatic carbocycles. The summed E-state index contributed by atoms with van der Waals surface area (Å²) in [5.41, 5.74) is 6.73. The Morgan fingerprint density at radius 3 is 2.75 bits per heavy atom. The number of hydrogen-bond donors (Lipinski definition) is 2. The molecule has 2 aromatic heterocycles. The highest BCUT2D eigenvalue weighted by molar-refractivity contribution is 7.99. The van der Waals surface area contributed by atoms with Crippen LogP contribution in [0.3, 0.4) is 0 Å². The van der Waals surface area contributed by atoms with Crippen molar-refractivity contribution < 1.29 is 32.1 Å². The van der Waals surface area contributed by atoms with Gasteiger partial charge in [-0.2, -0.15) is 18.2 Å². The first kappa shape index (κ1) is 24.3. The fraction of sp³-hybridized carbons (Fsp3) is 0.389. The highest BCUT2D eigenvalue weighted by atomic mass is 32.2. The molecule has 0 radical (unpaired) electrons. The first-order valence-electron chi connectivity index (χ1n) is 9.41. The second kappa shape index (κ2) is 10.1. The van der Waals surface area contributed by atoms with Crippen molar-refractivity contribution in [3.05, 3.63) is 30.6 Å². The van der Waals surface area contributed by atoms with E-state index in [2.05, 4.69) is 15.0 Å². The molecule has 1 unspecified atom stereocenters. The molecule has 0 saturated carbocycles. The van der Waals surface area contributed by atoms with Gasteiger partial charge >= 0.3 is 6.18 Å². The van der Waals surface area contributed by atoms with Crippen molar-refractivity contribution in [1.82, 2.24) is 19.5 Å². The number of aromatic nitrogens is 4. The van der Waals surface area contributed by atoms with Gasteiger partial charge in [-0.3, -0.25) is 4.57 Å². The molecule has 14 heteroatoms. The van der Waals surface area contributed by atoms with E-state index in [0.29, 0.717) is 28.5 Å². The predicted octanol–water partition coefficient (Wildman–Crippen LogP) is 3.77. The first-order valence-corrected chi connectivity index (χ1v) is 12.3. The molecular formula is C18H21F3N5O4PS. The second-order valence-corrected chi connectivity index (χ2v) is 9.93. The van der Waals surface area contributed by atoms with E-state index in [9.17, 15) is 22.6 Å². The Labute approximate surface area is 185 Å². The van der Waals surface area contributed by atoms with Gasteiger partial charge in [-0.05, 0) is 19.1 Å². The van der Waals surface area contributed by atoms with E-state index >= 15 is 0 Å². The highest BCUT2D eigenvalue weighted by Gasteiger charge is 2.38. The Hall–Kier alpha value is -2.34. The average Bonchev–Trinajstić information content (AvgIpc) is 3.08. The number of anilines is 1. The number of fused-ring (bicyclic) bond motifs is 1. The zero-order valence-corrected chi connectivity index (χ0v) is 18.7. The number of halogens is 3. The van der Waals surface area contributed by atoms with Crippen molar-refractivity contribution in [2.75, 3.05) is 31.5 Å². The van der Waals surface area contributed by atoms with Gasteiger partial charge in [-0.15, -0.1) is 0 Å². The summed E-state index contributed by atoms with van der Waals surface area (Å²) in [6.07, 6.45) is -5.96. The topological polar surface area (TPSA) is 125 Å². The minimum absolute atomic E-state index is 0.0154. The van der Waals surface area contributed by atoms with Crippen LogP contribution < -0.4 is 10.5 Å². The number of hydrogen-bond acceptors (Lipinski definition) is 8. The lowest BCUT2D eigenvalue weighted by Gasteiger charge is -2.14. The SMILES string of the molecule is CCOc1ccccc1Sc1nc(N)nc2c1ncn2CCOCP(=O)(O)CC(F)(F)F. The molecule has 9 nitrogen and oxygen atoms in total. The smallest absolute Gasteiger partial charge is 0.398 e. The van der Waals surface area contributed by atoms with Gasteiger partial charge in [0, 0.05) is 6.54 Å². The molecule has 174 valence electrons. The first-order chi connectivity index (χ1) is 15.1. The largest absolute Gasteiger partial charge is 0.493 e. The third kappa shape index (κ3) is 6.58. The van der Waals surface area contributed by atoms with E-state index in [1.54, 1.807) is 4.57 Å². The molecule has 0 bridgehead atoms. The Bertz CT molecular complexity index is 1130. The third-order valence-corrected chi connectivity index (χ3v) is 6.47. The van der Waals surface area contributed by atoms with Gasteiger partial charge in [0.2, 0.25) is 13.3 Å². The number of para-hydroxylation sites is 1. The van der Waals surface area contributed by atoms with E-state index in [4.69, 9.17) is 15.2 Å². The van der Waals surface area contributed by atoms with E-state index in [-0.39, 0.29) is 19.1 Å². The standard InChI is InChI=1S/C18H21F3N5O4PS/c1-2-30-12-5-3-4-6-13(12)32-16-14-15(24-17(22)25-16)26(10-23-14)7-8-29-11-31(27,28)9-18(19,20)21/h3-6,10H,2,7-9,11H2,1H3,(H,27,28)(H2,22,24,25). The molecule has 0 saturated heterocycles. The molecule has 0 aliphatic heterocycles. The average molecular weight is 491 g/mol. The van der Waals surface area contributed by atoms with Crippen molar-refractivity contribution in [2.45, 2.75) is 29.6 Å². The molecule has 0 spiro atoms. The monoisotopic (exact) mass is 491 g/mol. The Kier molecular flexibility index (Phi) is 7.65. The van der Waals surface area contributed by atoms with Crippen LogP contribution in [0.15, 0.2) is 40.5 Å². The zero-order valence-electron chi connectivity index (χ0n) is 16.9. The molecule has 0 fully saturated rings. The van der Waals surface area contributed by atoms with Crippen molar-refractivity contribution in [2.24, 2.45) is 0 Å². The summed E-state index contributed by atoms with van der Waals surface area (Å²) < 4.78 is 60.8. The van der Waals surface area contributed by atoms with Crippen LogP contribution in [-0.4, -0.2) is 56.3 Å². The van der Waals surface area contributed by atoms with Crippen LogP contribution in [0.1, 0.15) is 6.92 Å². The summed E-state index contributed by atoms with van der Waals surface area (Å²) >= 11 is 1.31. The van der Waals surface area contributed by atoms with Crippen molar-refractivity contribution in [3.63, 3.8) is 0 Å². The van der Waals surface area contributed by atoms with Gasteiger partial charge in [0.25, 0.3) is 0 Å². The van der Waals surface area contributed by atoms with Crippen LogP contribution in [0.4, 0.5) is 19.1 Å². The lowest BCUT2D eigenvalue weighted by molar-refractivity contribution is -0.108. The van der Waals surface area contributed by atoms with E-state index in [1.807, 2.05) is 31.2 Å². The Morgan fingerprint density at radius 1 is 1.28 bits per heavy atom. The Morgan fingerprint density at radius 2 is 2.03 bits per heavy atom. The maximum absolute atomic E-state index is 12.3. The van der Waals surface area contributed by atoms with Crippen molar-refractivity contribution in [1.29, 1.82) is 0 Å². The second-order valence-electron chi connectivity index (χ2n) is 6.64. The molecule has 3 rings (SSSR count). The summed E-state index contributed by atoms with van der Waals surface area (Å²) in [6, 6.07) is 7.43. The lowest BCUT2D eigenvalue weighted by atomic mass is 10.3. The summed E-state index contributed by atoms with van der Waals surface area (Å²) in [5, 5.41) is 0.504. The van der Waals surface area contributed by atoms with Crippen LogP contribution >= 0.6 is 19.1 Å². The van der Waals surface area contributed by atoms with Crippen LogP contribution in [0, 0.1) is 0 Å². The van der Waals surface area contributed by atoms with Crippen LogP contribution in [-0.2, 0) is 15.8 Å². The summed E-state index contributed by atoms with van der Waals surface area (Å²) in [7, 11) is -4.47. The predicted molar refractivity (Wildman–Crippen MR) is 113 cm³/mol. The van der Waals surface area contributed by atoms with Gasteiger partial charge in [0.1, 0.15) is 28.8 Å². The molecular weight excluding hydrogens is 470 g/mol. The van der Waals surface area contributed by atoms with E-state index in [0.717, 1.165) is 4.90 Å². The number of alkyl halides is 3. The fourth-order valence-electron chi connectivity index (χ4n) is 2.78. The summed E-state index contributed by atoms with van der Waals surface area (Å²) in [6.45, 7) is 2.40.